The molecule has 4 heterocycles. The molecule has 0 N–H and O–H groups in total. The molecule has 1 aliphatic carbocycles. The van der Waals surface area contributed by atoms with Crippen LogP contribution in [-0.2, 0) is 16.0 Å². The maximum absolute atomic E-state index is 13.2. The quantitative estimate of drug-likeness (QED) is 0.825. The smallest absolute Gasteiger partial charge is 0.245 e. The lowest BCUT2D eigenvalue weighted by atomic mass is 9.88. The van der Waals surface area contributed by atoms with Crippen molar-refractivity contribution in [2.75, 3.05) is 13.1 Å². The minimum absolute atomic E-state index is 0.178. The average molecular weight is 367 g/mol. The summed E-state index contributed by atoms with van der Waals surface area (Å²) in [4.78, 5) is 34.2. The van der Waals surface area contributed by atoms with Gasteiger partial charge in [0.05, 0.1) is 0 Å². The highest BCUT2D eigenvalue weighted by molar-refractivity contribution is 5.89. The number of amides is 2. The fourth-order valence-electron chi connectivity index (χ4n) is 5.67. The van der Waals surface area contributed by atoms with E-state index in [4.69, 9.17) is 0 Å². The van der Waals surface area contributed by atoms with E-state index >= 15 is 0 Å². The van der Waals surface area contributed by atoms with Crippen molar-refractivity contribution >= 4 is 11.8 Å². The Bertz CT molecular complexity index is 758. The first kappa shape index (κ1) is 17.2. The highest BCUT2D eigenvalue weighted by atomic mass is 16.2. The largest absolute Gasteiger partial charge is 0.340 e. The Morgan fingerprint density at radius 2 is 2.04 bits per heavy atom. The number of pyridine rings is 1. The minimum atomic E-state index is -0.210. The molecule has 3 aliphatic heterocycles. The van der Waals surface area contributed by atoms with E-state index in [1.807, 2.05) is 22.2 Å². The van der Waals surface area contributed by atoms with Crippen LogP contribution in [0.5, 0.6) is 0 Å². The molecule has 5 nitrogen and oxygen atoms in total. The second-order valence-corrected chi connectivity index (χ2v) is 8.95. The summed E-state index contributed by atoms with van der Waals surface area (Å²) in [7, 11) is 0. The van der Waals surface area contributed by atoms with Crippen molar-refractivity contribution in [1.82, 2.24) is 14.8 Å². The van der Waals surface area contributed by atoms with Crippen LogP contribution in [0.25, 0.3) is 0 Å². The van der Waals surface area contributed by atoms with Crippen molar-refractivity contribution < 1.29 is 9.59 Å². The summed E-state index contributed by atoms with van der Waals surface area (Å²) in [6.45, 7) is 3.70. The van der Waals surface area contributed by atoms with Gasteiger partial charge in [-0.15, -0.1) is 0 Å². The summed E-state index contributed by atoms with van der Waals surface area (Å²) < 4.78 is 0. The normalized spacial score (nSPS) is 33.0. The molecule has 0 unspecified atom stereocenters. The molecule has 2 amide bonds. The lowest BCUT2D eigenvalue weighted by Gasteiger charge is -2.43. The molecule has 27 heavy (non-hydrogen) atoms. The number of nitrogens with zero attached hydrogens (tertiary/aromatic N) is 3. The van der Waals surface area contributed by atoms with Crippen LogP contribution in [0.4, 0.5) is 0 Å². The zero-order valence-electron chi connectivity index (χ0n) is 16.1. The maximum Gasteiger partial charge on any atom is 0.245 e. The minimum Gasteiger partial charge on any atom is -0.340 e. The van der Waals surface area contributed by atoms with Crippen LogP contribution in [0.1, 0.15) is 62.5 Å². The predicted octanol–water partition coefficient (Wildman–Crippen LogP) is 2.75. The number of rotatable bonds is 3. The Kier molecular flexibility index (Phi) is 4.21. The van der Waals surface area contributed by atoms with Crippen LogP contribution < -0.4 is 0 Å². The molecule has 0 spiro atoms. The average Bonchev–Trinajstić information content (AvgIpc) is 3.22. The van der Waals surface area contributed by atoms with E-state index in [0.29, 0.717) is 18.4 Å². The van der Waals surface area contributed by atoms with Gasteiger partial charge >= 0.3 is 0 Å². The van der Waals surface area contributed by atoms with E-state index in [-0.39, 0.29) is 17.9 Å². The Morgan fingerprint density at radius 3 is 2.85 bits per heavy atom. The van der Waals surface area contributed by atoms with Crippen LogP contribution >= 0.6 is 0 Å². The van der Waals surface area contributed by atoms with Gasteiger partial charge in [-0.3, -0.25) is 14.6 Å². The topological polar surface area (TPSA) is 53.5 Å². The van der Waals surface area contributed by atoms with Crippen molar-refractivity contribution in [3.05, 3.63) is 29.6 Å². The van der Waals surface area contributed by atoms with Crippen LogP contribution in [-0.4, -0.2) is 51.8 Å². The fraction of sp³-hybridized carbons (Fsp3) is 0.682. The predicted molar refractivity (Wildman–Crippen MR) is 102 cm³/mol. The van der Waals surface area contributed by atoms with Gasteiger partial charge in [0.2, 0.25) is 11.8 Å². The number of hydrogen-bond acceptors (Lipinski definition) is 3. The Labute approximate surface area is 161 Å². The first-order valence-corrected chi connectivity index (χ1v) is 10.7. The molecule has 4 aliphatic rings. The molecule has 4 fully saturated rings. The third-order valence-corrected chi connectivity index (χ3v) is 7.41. The molecule has 0 aromatic carbocycles. The number of carbonyl (C=O) groups excluding carboxylic acids is 2. The second-order valence-electron chi connectivity index (χ2n) is 8.95. The van der Waals surface area contributed by atoms with E-state index in [9.17, 15) is 9.59 Å². The van der Waals surface area contributed by atoms with Gasteiger partial charge in [0.15, 0.2) is 0 Å². The van der Waals surface area contributed by atoms with E-state index in [1.54, 1.807) is 0 Å². The van der Waals surface area contributed by atoms with Gasteiger partial charge in [-0.1, -0.05) is 6.92 Å². The van der Waals surface area contributed by atoms with E-state index in [2.05, 4.69) is 18.0 Å². The second kappa shape index (κ2) is 6.61. The third kappa shape index (κ3) is 2.95. The fourth-order valence-corrected chi connectivity index (χ4v) is 5.67. The summed E-state index contributed by atoms with van der Waals surface area (Å²) in [6, 6.07) is 2.19. The molecule has 5 rings (SSSR count). The van der Waals surface area contributed by atoms with Crippen molar-refractivity contribution in [2.45, 2.75) is 69.9 Å². The van der Waals surface area contributed by atoms with Gasteiger partial charge in [-0.05, 0) is 67.6 Å². The first-order chi connectivity index (χ1) is 13.2. The standard InChI is InChI=1S/C22H29N3O2/c1-2-14-7-8-23-11-19(14)17-12-24(13-17)22(27)20-5-4-18-10-16-9-15(16)3-6-21(26)25(18)20/h7-8,11,15-18,20H,2-6,9-10,12-13H2,1H3/t15-,16+,18+,20-/m0/s1. The van der Waals surface area contributed by atoms with Crippen LogP contribution in [0, 0.1) is 11.8 Å². The van der Waals surface area contributed by atoms with Crippen LogP contribution in [0.2, 0.25) is 0 Å². The van der Waals surface area contributed by atoms with Gasteiger partial charge in [0, 0.05) is 43.9 Å². The van der Waals surface area contributed by atoms with E-state index < -0.39 is 0 Å². The summed E-state index contributed by atoms with van der Waals surface area (Å²) in [5.41, 5.74) is 2.62. The summed E-state index contributed by atoms with van der Waals surface area (Å²) in [6.07, 6.45) is 10.8. The molecule has 1 aromatic rings. The molecule has 144 valence electrons. The Balaban J connectivity index is 1.26. The van der Waals surface area contributed by atoms with Gasteiger partial charge in [0.1, 0.15) is 6.04 Å². The third-order valence-electron chi connectivity index (χ3n) is 7.41. The zero-order valence-corrected chi connectivity index (χ0v) is 16.1. The maximum atomic E-state index is 13.2. The van der Waals surface area contributed by atoms with Gasteiger partial charge in [-0.25, -0.2) is 0 Å². The number of likely N-dealkylation sites (tertiary alicyclic amines) is 1. The molecule has 5 heteroatoms. The molecule has 1 aromatic heterocycles. The number of aromatic nitrogens is 1. The van der Waals surface area contributed by atoms with E-state index in [1.165, 1.54) is 17.5 Å². The number of fused-ring (bicyclic) bond motifs is 2. The number of aryl methyl sites for hydroxylation is 1. The summed E-state index contributed by atoms with van der Waals surface area (Å²) in [5, 5.41) is 0. The summed E-state index contributed by atoms with van der Waals surface area (Å²) >= 11 is 0. The molecule has 1 saturated carbocycles. The van der Waals surface area contributed by atoms with Gasteiger partial charge in [0.25, 0.3) is 0 Å². The molecule has 3 saturated heterocycles. The Hall–Kier alpha value is -1.91. The SMILES string of the molecule is CCc1ccncc1C1CN(C(=O)[C@@H]2CC[C@@H]3C[C@H]4C[C@@H]4CCC(=O)N32)C1. The highest BCUT2D eigenvalue weighted by Gasteiger charge is 2.49. The number of hydrogen-bond donors (Lipinski definition) is 0. The number of carbonyl (C=O) groups is 2. The molecular formula is C22H29N3O2. The molecular weight excluding hydrogens is 338 g/mol. The molecule has 4 atom stereocenters. The Morgan fingerprint density at radius 1 is 1.19 bits per heavy atom. The highest BCUT2D eigenvalue weighted by Crippen LogP contribution is 2.49. The van der Waals surface area contributed by atoms with Crippen molar-refractivity contribution in [3.63, 3.8) is 0 Å². The van der Waals surface area contributed by atoms with E-state index in [0.717, 1.165) is 57.0 Å². The molecule has 0 radical (unpaired) electrons. The van der Waals surface area contributed by atoms with Crippen molar-refractivity contribution in [1.29, 1.82) is 0 Å². The van der Waals surface area contributed by atoms with Crippen LogP contribution in [0.3, 0.4) is 0 Å². The van der Waals surface area contributed by atoms with Crippen molar-refractivity contribution in [2.24, 2.45) is 11.8 Å². The molecule has 0 bridgehead atoms. The monoisotopic (exact) mass is 367 g/mol. The first-order valence-electron chi connectivity index (χ1n) is 10.7. The summed E-state index contributed by atoms with van der Waals surface area (Å²) in [5.74, 6) is 2.39. The van der Waals surface area contributed by atoms with Gasteiger partial charge < -0.3 is 9.80 Å². The van der Waals surface area contributed by atoms with Crippen LogP contribution in [0.15, 0.2) is 18.5 Å². The zero-order chi connectivity index (χ0) is 18.5. The van der Waals surface area contributed by atoms with Gasteiger partial charge in [-0.2, -0.15) is 0 Å². The lowest BCUT2D eigenvalue weighted by Crippen LogP contribution is -2.56. The lowest BCUT2D eigenvalue weighted by molar-refractivity contribution is -0.148. The van der Waals surface area contributed by atoms with Crippen molar-refractivity contribution in [3.8, 4) is 0 Å².